The fourth-order valence-corrected chi connectivity index (χ4v) is 4.25. The van der Waals surface area contributed by atoms with Crippen LogP contribution in [-0.2, 0) is 0 Å². The molecule has 0 bridgehead atoms. The maximum absolute atomic E-state index is 13.2. The van der Waals surface area contributed by atoms with Crippen LogP contribution in [0.2, 0.25) is 0 Å². The van der Waals surface area contributed by atoms with E-state index in [9.17, 15) is 14.0 Å². The van der Waals surface area contributed by atoms with Gasteiger partial charge < -0.3 is 20.5 Å². The standard InChI is InChI=1S/C22H27FN8O2/c1-24-19-11-18(28-20-16(12-25-31(19)20)21(32)26-14-4-5-14)27-17-3-2-8-30(22(17)33)15-6-9-29(13-15)10-7-23/h2-3,8,11-12,14-15,24H,4-7,9-10,13H2,1H3,(H,26,32)(H,27,28). The number of pyridine rings is 1. The van der Waals surface area contributed by atoms with Gasteiger partial charge in [0.2, 0.25) is 0 Å². The average Bonchev–Trinajstić information content (AvgIpc) is 3.32. The van der Waals surface area contributed by atoms with E-state index in [1.807, 2.05) is 11.0 Å². The topological polar surface area (TPSA) is 109 Å². The summed E-state index contributed by atoms with van der Waals surface area (Å²) < 4.78 is 16.0. The molecule has 0 aromatic carbocycles. The number of anilines is 3. The lowest BCUT2D eigenvalue weighted by molar-refractivity contribution is 0.0952. The number of amides is 1. The zero-order valence-corrected chi connectivity index (χ0v) is 18.4. The second kappa shape index (κ2) is 8.81. The molecule has 1 aliphatic carbocycles. The van der Waals surface area contributed by atoms with Gasteiger partial charge in [-0.1, -0.05) is 0 Å². The molecule has 1 saturated heterocycles. The second-order valence-electron chi connectivity index (χ2n) is 8.51. The highest BCUT2D eigenvalue weighted by Crippen LogP contribution is 2.24. The molecule has 174 valence electrons. The summed E-state index contributed by atoms with van der Waals surface area (Å²) in [5.41, 5.74) is 0.990. The lowest BCUT2D eigenvalue weighted by Gasteiger charge is -2.17. The third-order valence-electron chi connectivity index (χ3n) is 6.16. The number of likely N-dealkylation sites (tertiary alicyclic amines) is 1. The minimum absolute atomic E-state index is 0.00154. The van der Waals surface area contributed by atoms with E-state index in [0.717, 1.165) is 25.8 Å². The van der Waals surface area contributed by atoms with E-state index in [4.69, 9.17) is 0 Å². The molecule has 1 aliphatic heterocycles. The number of carbonyl (C=O) groups excluding carboxylic acids is 1. The summed E-state index contributed by atoms with van der Waals surface area (Å²) in [6.07, 6.45) is 6.04. The van der Waals surface area contributed by atoms with E-state index < -0.39 is 0 Å². The fourth-order valence-electron chi connectivity index (χ4n) is 4.25. The summed E-state index contributed by atoms with van der Waals surface area (Å²) in [6, 6.07) is 5.47. The maximum Gasteiger partial charge on any atom is 0.274 e. The highest BCUT2D eigenvalue weighted by molar-refractivity contribution is 6.00. The van der Waals surface area contributed by atoms with Gasteiger partial charge in [0.15, 0.2) is 5.65 Å². The maximum atomic E-state index is 13.2. The van der Waals surface area contributed by atoms with Crippen molar-refractivity contribution in [3.8, 4) is 0 Å². The van der Waals surface area contributed by atoms with Gasteiger partial charge in [0.1, 0.15) is 29.6 Å². The SMILES string of the molecule is CNc1cc(Nc2cccn(C3CCN(CCF)C3)c2=O)nc2c(C(=O)NC3CC3)cnn12. The smallest absolute Gasteiger partial charge is 0.274 e. The first kappa shape index (κ1) is 21.4. The predicted molar refractivity (Wildman–Crippen MR) is 123 cm³/mol. The highest BCUT2D eigenvalue weighted by Gasteiger charge is 2.27. The number of carbonyl (C=O) groups is 1. The molecule has 10 nitrogen and oxygen atoms in total. The number of fused-ring (bicyclic) bond motifs is 1. The summed E-state index contributed by atoms with van der Waals surface area (Å²) >= 11 is 0. The van der Waals surface area contributed by atoms with Gasteiger partial charge in [-0.15, -0.1) is 0 Å². The molecule has 1 unspecified atom stereocenters. The van der Waals surface area contributed by atoms with Crippen LogP contribution in [0.15, 0.2) is 35.4 Å². The Morgan fingerprint density at radius 1 is 1.30 bits per heavy atom. The van der Waals surface area contributed by atoms with E-state index in [0.29, 0.717) is 41.6 Å². The van der Waals surface area contributed by atoms with E-state index >= 15 is 0 Å². The van der Waals surface area contributed by atoms with Gasteiger partial charge in [-0.3, -0.25) is 14.5 Å². The van der Waals surface area contributed by atoms with Gasteiger partial charge in [0, 0.05) is 45.0 Å². The molecule has 2 aliphatic rings. The summed E-state index contributed by atoms with van der Waals surface area (Å²) in [5.74, 6) is 0.843. The molecule has 33 heavy (non-hydrogen) atoms. The van der Waals surface area contributed by atoms with Crippen molar-refractivity contribution in [2.75, 3.05) is 44.0 Å². The molecule has 3 N–H and O–H groups in total. The Hall–Kier alpha value is -3.47. The van der Waals surface area contributed by atoms with Crippen molar-refractivity contribution in [3.05, 3.63) is 46.5 Å². The summed E-state index contributed by atoms with van der Waals surface area (Å²) in [6.45, 7) is 1.42. The van der Waals surface area contributed by atoms with Gasteiger partial charge in [0.25, 0.3) is 11.5 Å². The third-order valence-corrected chi connectivity index (χ3v) is 6.16. The minimum atomic E-state index is -0.388. The van der Waals surface area contributed by atoms with Crippen LogP contribution in [0.3, 0.4) is 0 Å². The molecule has 5 rings (SSSR count). The van der Waals surface area contributed by atoms with Crippen LogP contribution in [0.25, 0.3) is 5.65 Å². The van der Waals surface area contributed by atoms with Crippen molar-refractivity contribution in [3.63, 3.8) is 0 Å². The summed E-state index contributed by atoms with van der Waals surface area (Å²) in [4.78, 5) is 32.4. The average molecular weight is 455 g/mol. The van der Waals surface area contributed by atoms with Gasteiger partial charge in [0.05, 0.1) is 12.2 Å². The Bertz CT molecular complexity index is 1230. The van der Waals surface area contributed by atoms with Crippen molar-refractivity contribution in [1.82, 2.24) is 29.4 Å². The van der Waals surface area contributed by atoms with E-state index in [1.54, 1.807) is 34.5 Å². The molecule has 4 heterocycles. The quantitative estimate of drug-likeness (QED) is 0.476. The van der Waals surface area contributed by atoms with E-state index in [2.05, 4.69) is 26.0 Å². The molecule has 1 saturated carbocycles. The van der Waals surface area contributed by atoms with Crippen molar-refractivity contribution < 1.29 is 9.18 Å². The number of hydrogen-bond acceptors (Lipinski definition) is 7. The van der Waals surface area contributed by atoms with Crippen LogP contribution < -0.4 is 21.5 Å². The number of alkyl halides is 1. The summed E-state index contributed by atoms with van der Waals surface area (Å²) in [5, 5.41) is 13.4. The van der Waals surface area contributed by atoms with Crippen molar-refractivity contribution in [1.29, 1.82) is 0 Å². The monoisotopic (exact) mass is 454 g/mol. The van der Waals surface area contributed by atoms with Crippen molar-refractivity contribution >= 4 is 28.9 Å². The fraction of sp³-hybridized carbons (Fsp3) is 0.455. The molecular formula is C22H27FN8O2. The Morgan fingerprint density at radius 3 is 2.91 bits per heavy atom. The van der Waals surface area contributed by atoms with Gasteiger partial charge >= 0.3 is 0 Å². The van der Waals surface area contributed by atoms with Crippen LogP contribution >= 0.6 is 0 Å². The number of hydrogen-bond donors (Lipinski definition) is 3. The molecule has 1 atom stereocenters. The third kappa shape index (κ3) is 4.28. The first-order valence-corrected chi connectivity index (χ1v) is 11.2. The molecule has 3 aromatic rings. The van der Waals surface area contributed by atoms with Crippen molar-refractivity contribution in [2.45, 2.75) is 31.3 Å². The molecule has 11 heteroatoms. The van der Waals surface area contributed by atoms with Crippen LogP contribution in [0, 0.1) is 0 Å². The number of nitrogens with zero attached hydrogens (tertiary/aromatic N) is 5. The van der Waals surface area contributed by atoms with E-state index in [1.165, 1.54) is 6.20 Å². The Balaban J connectivity index is 1.44. The second-order valence-corrected chi connectivity index (χ2v) is 8.51. The largest absolute Gasteiger partial charge is 0.373 e. The molecule has 2 fully saturated rings. The summed E-state index contributed by atoms with van der Waals surface area (Å²) in [7, 11) is 1.75. The Labute approximate surface area is 189 Å². The number of rotatable bonds is 8. The molecule has 3 aromatic heterocycles. The van der Waals surface area contributed by atoms with Crippen LogP contribution in [0.5, 0.6) is 0 Å². The number of halogens is 1. The molecule has 1 amide bonds. The van der Waals surface area contributed by atoms with Crippen molar-refractivity contribution in [2.24, 2.45) is 0 Å². The Kier molecular flexibility index (Phi) is 5.71. The predicted octanol–water partition coefficient (Wildman–Crippen LogP) is 1.78. The molecular weight excluding hydrogens is 427 g/mol. The van der Waals surface area contributed by atoms with E-state index in [-0.39, 0.29) is 30.2 Å². The van der Waals surface area contributed by atoms with Gasteiger partial charge in [-0.2, -0.15) is 9.61 Å². The first-order valence-electron chi connectivity index (χ1n) is 11.2. The van der Waals surface area contributed by atoms with Crippen LogP contribution in [-0.4, -0.2) is 69.4 Å². The lowest BCUT2D eigenvalue weighted by atomic mass is 10.2. The van der Waals surface area contributed by atoms with Crippen LogP contribution in [0.1, 0.15) is 35.7 Å². The van der Waals surface area contributed by atoms with Gasteiger partial charge in [-0.05, 0) is 31.4 Å². The normalized spacial score (nSPS) is 18.5. The molecule has 0 spiro atoms. The van der Waals surface area contributed by atoms with Gasteiger partial charge in [-0.25, -0.2) is 9.37 Å². The first-order chi connectivity index (χ1) is 16.1. The Morgan fingerprint density at radius 2 is 2.15 bits per heavy atom. The number of aromatic nitrogens is 4. The number of nitrogens with one attached hydrogen (secondary N) is 3. The molecule has 0 radical (unpaired) electrons. The minimum Gasteiger partial charge on any atom is -0.373 e. The zero-order valence-electron chi connectivity index (χ0n) is 18.4. The lowest BCUT2D eigenvalue weighted by Crippen LogP contribution is -2.29. The zero-order chi connectivity index (χ0) is 22.9. The highest BCUT2D eigenvalue weighted by atomic mass is 19.1. The van der Waals surface area contributed by atoms with Crippen LogP contribution in [0.4, 0.5) is 21.7 Å².